The van der Waals surface area contributed by atoms with Gasteiger partial charge >= 0.3 is 0 Å². The van der Waals surface area contributed by atoms with E-state index in [-0.39, 0.29) is 0 Å². The molecule has 0 saturated heterocycles. The van der Waals surface area contributed by atoms with Crippen LogP contribution in [0.25, 0.3) is 10.6 Å². The van der Waals surface area contributed by atoms with Gasteiger partial charge in [-0.3, -0.25) is 0 Å². The Balaban J connectivity index is 2.10. The third-order valence-corrected chi connectivity index (χ3v) is 2.97. The number of H-pyrrole nitrogens is 1. The van der Waals surface area contributed by atoms with Gasteiger partial charge < -0.3 is 10.7 Å². The molecule has 2 aromatic heterocycles. The number of aryl methyl sites for hydroxylation is 1. The van der Waals surface area contributed by atoms with Crippen LogP contribution in [-0.2, 0) is 6.42 Å². The Morgan fingerprint density at radius 2 is 2.43 bits per heavy atom. The molecular formula is C10H13N3S. The van der Waals surface area contributed by atoms with Crippen molar-refractivity contribution in [3.8, 4) is 10.6 Å². The summed E-state index contributed by atoms with van der Waals surface area (Å²) in [6.07, 6.45) is 5.87. The van der Waals surface area contributed by atoms with E-state index < -0.39 is 0 Å². The highest BCUT2D eigenvalue weighted by Gasteiger charge is 2.03. The van der Waals surface area contributed by atoms with Gasteiger partial charge in [-0.2, -0.15) is 0 Å². The average Bonchev–Trinajstić information content (AvgIpc) is 2.85. The van der Waals surface area contributed by atoms with Gasteiger partial charge in [-0.05, 0) is 25.5 Å². The van der Waals surface area contributed by atoms with Crippen LogP contribution in [0.2, 0.25) is 0 Å². The van der Waals surface area contributed by atoms with Crippen molar-refractivity contribution in [2.75, 3.05) is 6.54 Å². The van der Waals surface area contributed by atoms with Crippen molar-refractivity contribution in [3.63, 3.8) is 0 Å². The maximum atomic E-state index is 5.45. The standard InChI is InChI=1S/C10H13N3S/c11-4-1-2-9-7-14-10(13-9)8-3-5-12-6-8/h3,5-7,12H,1-2,4,11H2. The molecule has 4 heteroatoms. The SMILES string of the molecule is NCCCc1csc(-c2cc[nH]c2)n1. The molecule has 2 aromatic rings. The number of rotatable bonds is 4. The summed E-state index contributed by atoms with van der Waals surface area (Å²) in [5.41, 5.74) is 7.76. The maximum Gasteiger partial charge on any atom is 0.125 e. The average molecular weight is 207 g/mol. The van der Waals surface area contributed by atoms with Crippen LogP contribution in [0, 0.1) is 0 Å². The predicted molar refractivity (Wildman–Crippen MR) is 59.3 cm³/mol. The molecule has 0 saturated carbocycles. The molecule has 0 spiro atoms. The topological polar surface area (TPSA) is 54.7 Å². The van der Waals surface area contributed by atoms with E-state index >= 15 is 0 Å². The normalized spacial score (nSPS) is 10.6. The van der Waals surface area contributed by atoms with E-state index in [1.165, 1.54) is 0 Å². The first kappa shape index (κ1) is 9.43. The number of nitrogens with two attached hydrogens (primary N) is 1. The molecule has 0 atom stereocenters. The first-order chi connectivity index (χ1) is 6.90. The Morgan fingerprint density at radius 1 is 1.50 bits per heavy atom. The van der Waals surface area contributed by atoms with Gasteiger partial charge in [0.2, 0.25) is 0 Å². The fraction of sp³-hybridized carbons (Fsp3) is 0.300. The fourth-order valence-corrected chi connectivity index (χ4v) is 2.15. The summed E-state index contributed by atoms with van der Waals surface area (Å²) < 4.78 is 0. The first-order valence-corrected chi connectivity index (χ1v) is 5.56. The summed E-state index contributed by atoms with van der Waals surface area (Å²) in [6, 6.07) is 2.03. The zero-order valence-electron chi connectivity index (χ0n) is 7.86. The highest BCUT2D eigenvalue weighted by molar-refractivity contribution is 7.13. The Hall–Kier alpha value is -1.13. The van der Waals surface area contributed by atoms with Crippen LogP contribution >= 0.6 is 11.3 Å². The summed E-state index contributed by atoms with van der Waals surface area (Å²) in [4.78, 5) is 7.56. The lowest BCUT2D eigenvalue weighted by molar-refractivity contribution is 0.816. The third-order valence-electron chi connectivity index (χ3n) is 2.03. The van der Waals surface area contributed by atoms with Crippen molar-refractivity contribution in [2.45, 2.75) is 12.8 Å². The van der Waals surface area contributed by atoms with E-state index in [2.05, 4.69) is 15.3 Å². The summed E-state index contributed by atoms with van der Waals surface area (Å²) in [5.74, 6) is 0. The molecule has 0 aliphatic carbocycles. The van der Waals surface area contributed by atoms with Crippen molar-refractivity contribution >= 4 is 11.3 Å². The number of hydrogen-bond donors (Lipinski definition) is 2. The second kappa shape index (κ2) is 4.39. The predicted octanol–water partition coefficient (Wildman–Crippen LogP) is 2.03. The lowest BCUT2D eigenvalue weighted by Gasteiger charge is -1.91. The van der Waals surface area contributed by atoms with Gasteiger partial charge in [-0.15, -0.1) is 11.3 Å². The summed E-state index contributed by atoms with van der Waals surface area (Å²) in [5, 5.41) is 3.19. The zero-order chi connectivity index (χ0) is 9.80. The van der Waals surface area contributed by atoms with Crippen molar-refractivity contribution < 1.29 is 0 Å². The van der Waals surface area contributed by atoms with E-state index in [1.54, 1.807) is 11.3 Å². The fourth-order valence-electron chi connectivity index (χ4n) is 1.29. The Labute approximate surface area is 87.0 Å². The third kappa shape index (κ3) is 2.02. The van der Waals surface area contributed by atoms with Crippen molar-refractivity contribution in [3.05, 3.63) is 29.5 Å². The zero-order valence-corrected chi connectivity index (χ0v) is 8.68. The molecule has 2 rings (SSSR count). The number of nitrogens with zero attached hydrogens (tertiary/aromatic N) is 1. The van der Waals surface area contributed by atoms with Crippen LogP contribution < -0.4 is 5.73 Å². The molecule has 0 aliphatic rings. The van der Waals surface area contributed by atoms with Gasteiger partial charge in [-0.25, -0.2) is 4.98 Å². The smallest absolute Gasteiger partial charge is 0.125 e. The lowest BCUT2D eigenvalue weighted by atomic mass is 10.2. The van der Waals surface area contributed by atoms with E-state index in [0.29, 0.717) is 0 Å². The Bertz CT molecular complexity index is 378. The Kier molecular flexibility index (Phi) is 2.96. The minimum Gasteiger partial charge on any atom is -0.367 e. The molecule has 0 aromatic carbocycles. The summed E-state index contributed by atoms with van der Waals surface area (Å²) in [7, 11) is 0. The van der Waals surface area contributed by atoms with Crippen LogP contribution in [0.1, 0.15) is 12.1 Å². The minimum absolute atomic E-state index is 0.733. The van der Waals surface area contributed by atoms with E-state index in [9.17, 15) is 0 Å². The van der Waals surface area contributed by atoms with Crippen molar-refractivity contribution in [2.24, 2.45) is 5.73 Å². The molecule has 0 amide bonds. The molecule has 2 heterocycles. The number of aromatic nitrogens is 2. The molecule has 0 bridgehead atoms. The lowest BCUT2D eigenvalue weighted by Crippen LogP contribution is -2.00. The molecule has 0 radical (unpaired) electrons. The summed E-state index contributed by atoms with van der Waals surface area (Å²) >= 11 is 1.69. The minimum atomic E-state index is 0.733. The second-order valence-corrected chi connectivity index (χ2v) is 3.99. The first-order valence-electron chi connectivity index (χ1n) is 4.68. The van der Waals surface area contributed by atoms with Gasteiger partial charge in [0.15, 0.2) is 0 Å². The molecule has 0 fully saturated rings. The van der Waals surface area contributed by atoms with Gasteiger partial charge in [0.1, 0.15) is 5.01 Å². The number of nitrogens with one attached hydrogen (secondary N) is 1. The number of aromatic amines is 1. The molecule has 14 heavy (non-hydrogen) atoms. The van der Waals surface area contributed by atoms with Crippen LogP contribution in [0.4, 0.5) is 0 Å². The van der Waals surface area contributed by atoms with E-state index in [0.717, 1.165) is 35.7 Å². The molecular weight excluding hydrogens is 194 g/mol. The highest BCUT2D eigenvalue weighted by atomic mass is 32.1. The van der Waals surface area contributed by atoms with Crippen molar-refractivity contribution in [1.29, 1.82) is 0 Å². The molecule has 3 N–H and O–H groups in total. The highest BCUT2D eigenvalue weighted by Crippen LogP contribution is 2.23. The molecule has 3 nitrogen and oxygen atoms in total. The van der Waals surface area contributed by atoms with Gasteiger partial charge in [0.25, 0.3) is 0 Å². The van der Waals surface area contributed by atoms with Crippen LogP contribution in [0.15, 0.2) is 23.8 Å². The second-order valence-electron chi connectivity index (χ2n) is 3.14. The molecule has 0 aliphatic heterocycles. The van der Waals surface area contributed by atoms with Crippen LogP contribution in [-0.4, -0.2) is 16.5 Å². The summed E-state index contributed by atoms with van der Waals surface area (Å²) in [6.45, 7) is 0.733. The quantitative estimate of drug-likeness (QED) is 0.806. The largest absolute Gasteiger partial charge is 0.367 e. The Morgan fingerprint density at radius 3 is 3.14 bits per heavy atom. The number of hydrogen-bond acceptors (Lipinski definition) is 3. The molecule has 0 unspecified atom stereocenters. The molecule has 74 valence electrons. The van der Waals surface area contributed by atoms with Gasteiger partial charge in [0.05, 0.1) is 5.69 Å². The van der Waals surface area contributed by atoms with E-state index in [4.69, 9.17) is 5.73 Å². The van der Waals surface area contributed by atoms with Crippen LogP contribution in [0.3, 0.4) is 0 Å². The van der Waals surface area contributed by atoms with Crippen LogP contribution in [0.5, 0.6) is 0 Å². The number of thiazole rings is 1. The van der Waals surface area contributed by atoms with Gasteiger partial charge in [0, 0.05) is 23.3 Å². The maximum absolute atomic E-state index is 5.45. The van der Waals surface area contributed by atoms with E-state index in [1.807, 2.05) is 18.5 Å². The van der Waals surface area contributed by atoms with Gasteiger partial charge in [-0.1, -0.05) is 0 Å². The monoisotopic (exact) mass is 207 g/mol. The van der Waals surface area contributed by atoms with Crippen molar-refractivity contribution in [1.82, 2.24) is 9.97 Å².